The zero-order chi connectivity index (χ0) is 28.2. The van der Waals surface area contributed by atoms with Crippen molar-refractivity contribution in [2.24, 2.45) is 0 Å². The second-order valence-electron chi connectivity index (χ2n) is 9.48. The van der Waals surface area contributed by atoms with Gasteiger partial charge in [0.25, 0.3) is 11.5 Å². The highest BCUT2D eigenvalue weighted by Gasteiger charge is 2.44. The highest BCUT2D eigenvalue weighted by atomic mass is 32.2. The molecule has 210 valence electrons. The van der Waals surface area contributed by atoms with Gasteiger partial charge < -0.3 is 9.47 Å². The minimum absolute atomic E-state index is 0.0270. The van der Waals surface area contributed by atoms with E-state index in [-0.39, 0.29) is 18.7 Å². The summed E-state index contributed by atoms with van der Waals surface area (Å²) in [5.41, 5.74) is 3.63. The lowest BCUT2D eigenvalue weighted by molar-refractivity contribution is -0.201. The van der Waals surface area contributed by atoms with Crippen LogP contribution >= 0.6 is 0 Å². The lowest BCUT2D eigenvalue weighted by atomic mass is 10.0. The van der Waals surface area contributed by atoms with Crippen LogP contribution in [0, 0.1) is 0 Å². The molecule has 13 heteroatoms. The Kier molecular flexibility index (Phi) is 8.62. The number of amides is 1. The summed E-state index contributed by atoms with van der Waals surface area (Å²) in [4.78, 5) is 35.7. The zero-order valence-electron chi connectivity index (χ0n) is 21.4. The number of carbonyl (C=O) groups excluding carboxylic acids is 1. The third-order valence-electron chi connectivity index (χ3n) is 6.79. The van der Waals surface area contributed by atoms with Crippen LogP contribution in [0.4, 0.5) is 8.78 Å². The van der Waals surface area contributed by atoms with Crippen molar-refractivity contribution in [3.05, 3.63) is 59.1 Å². The molecule has 1 saturated heterocycles. The lowest BCUT2D eigenvalue weighted by Crippen LogP contribution is -2.51. The Morgan fingerprint density at radius 3 is 2.56 bits per heavy atom. The number of nitrogens with zero attached hydrogens (tertiary/aromatic N) is 2. The van der Waals surface area contributed by atoms with E-state index in [9.17, 15) is 26.8 Å². The zero-order valence-corrected chi connectivity index (χ0v) is 22.2. The summed E-state index contributed by atoms with van der Waals surface area (Å²) in [5.74, 6) is -0.824. The number of carbonyl (C=O) groups is 1. The van der Waals surface area contributed by atoms with Gasteiger partial charge in [0.15, 0.2) is 20.9 Å². The molecule has 0 saturated carbocycles. The number of hydroxylamine groups is 1. The molecule has 10 nitrogen and oxygen atoms in total. The van der Waals surface area contributed by atoms with Crippen molar-refractivity contribution in [3.8, 4) is 16.9 Å². The number of aryl methyl sites for hydroxylation is 1. The fourth-order valence-corrected chi connectivity index (χ4v) is 5.00. The molecule has 4 rings (SSSR count). The maximum Gasteiger partial charge on any atom is 0.387 e. The number of rotatable bonds is 10. The molecule has 2 aromatic carbocycles. The molecule has 0 bridgehead atoms. The molecular formula is C26H29F2N3O7S. The van der Waals surface area contributed by atoms with Gasteiger partial charge in [-0.2, -0.15) is 8.78 Å². The van der Waals surface area contributed by atoms with Gasteiger partial charge in [0.2, 0.25) is 0 Å². The largest absolute Gasteiger partial charge is 0.435 e. The summed E-state index contributed by atoms with van der Waals surface area (Å²) in [6.07, 6.45) is 3.73. The average molecular weight is 566 g/mol. The molecule has 1 aliphatic rings. The van der Waals surface area contributed by atoms with Crippen LogP contribution in [0.5, 0.6) is 5.75 Å². The Balaban J connectivity index is 1.50. The maximum atomic E-state index is 13.1. The van der Waals surface area contributed by atoms with E-state index in [2.05, 4.69) is 15.2 Å². The monoisotopic (exact) mass is 565 g/mol. The van der Waals surface area contributed by atoms with Crippen molar-refractivity contribution >= 4 is 26.6 Å². The maximum absolute atomic E-state index is 13.1. The second-order valence-corrected chi connectivity index (χ2v) is 11.9. The molecule has 0 spiro atoms. The fourth-order valence-electron chi connectivity index (χ4n) is 4.16. The van der Waals surface area contributed by atoms with E-state index in [0.717, 1.165) is 19.1 Å². The Bertz CT molecular complexity index is 1490. The first-order valence-corrected chi connectivity index (χ1v) is 14.2. The number of hydrogen-bond acceptors (Lipinski definition) is 8. The highest BCUT2D eigenvalue weighted by molar-refractivity contribution is 7.92. The molecule has 2 atom stereocenters. The summed E-state index contributed by atoms with van der Waals surface area (Å²) in [6, 6.07) is 11.0. The Morgan fingerprint density at radius 2 is 1.92 bits per heavy atom. The highest BCUT2D eigenvalue weighted by Crippen LogP contribution is 2.26. The molecule has 1 N–H and O–H groups in total. The number of fused-ring (bicyclic) bond motifs is 1. The van der Waals surface area contributed by atoms with E-state index < -0.39 is 39.0 Å². The lowest BCUT2D eigenvalue weighted by Gasteiger charge is -2.28. The van der Waals surface area contributed by atoms with Crippen LogP contribution in [0.1, 0.15) is 32.6 Å². The third-order valence-corrected chi connectivity index (χ3v) is 8.81. The number of ether oxygens (including phenoxy) is 2. The average Bonchev–Trinajstić information content (AvgIpc) is 2.91. The van der Waals surface area contributed by atoms with Crippen LogP contribution in [0.25, 0.3) is 22.0 Å². The van der Waals surface area contributed by atoms with Gasteiger partial charge in [-0.1, -0.05) is 18.2 Å². The van der Waals surface area contributed by atoms with Gasteiger partial charge in [0.05, 0.1) is 17.2 Å². The molecule has 39 heavy (non-hydrogen) atoms. The Morgan fingerprint density at radius 1 is 1.21 bits per heavy atom. The summed E-state index contributed by atoms with van der Waals surface area (Å²) in [6.45, 7) is -1.23. The van der Waals surface area contributed by atoms with Gasteiger partial charge in [0, 0.05) is 25.8 Å². The van der Waals surface area contributed by atoms with E-state index in [1.165, 1.54) is 30.0 Å². The molecule has 3 aromatic rings. The minimum atomic E-state index is -3.91. The van der Waals surface area contributed by atoms with E-state index in [1.54, 1.807) is 30.3 Å². The van der Waals surface area contributed by atoms with E-state index in [4.69, 9.17) is 9.57 Å². The molecule has 1 fully saturated rings. The quantitative estimate of drug-likeness (QED) is 0.371. The molecular weight excluding hydrogens is 536 g/mol. The van der Waals surface area contributed by atoms with Crippen LogP contribution in [0.3, 0.4) is 0 Å². The van der Waals surface area contributed by atoms with Crippen molar-refractivity contribution in [1.82, 2.24) is 15.0 Å². The normalized spacial score (nSPS) is 17.6. The van der Waals surface area contributed by atoms with Crippen LogP contribution in [0.15, 0.2) is 53.6 Å². The summed E-state index contributed by atoms with van der Waals surface area (Å²) < 4.78 is 59.1. The van der Waals surface area contributed by atoms with Crippen molar-refractivity contribution in [3.63, 3.8) is 0 Å². The van der Waals surface area contributed by atoms with Gasteiger partial charge in [-0.15, -0.1) is 0 Å². The van der Waals surface area contributed by atoms with Gasteiger partial charge >= 0.3 is 6.61 Å². The smallest absolute Gasteiger partial charge is 0.387 e. The van der Waals surface area contributed by atoms with Crippen LogP contribution < -0.4 is 15.8 Å². The van der Waals surface area contributed by atoms with Crippen molar-refractivity contribution in [2.45, 2.75) is 56.8 Å². The first kappa shape index (κ1) is 28.6. The van der Waals surface area contributed by atoms with Gasteiger partial charge in [-0.05, 0) is 61.6 Å². The minimum Gasteiger partial charge on any atom is -0.435 e. The number of hydrogen-bond donors (Lipinski definition) is 1. The van der Waals surface area contributed by atoms with E-state index >= 15 is 0 Å². The van der Waals surface area contributed by atoms with Gasteiger partial charge in [0.1, 0.15) is 5.75 Å². The van der Waals surface area contributed by atoms with E-state index in [1.807, 2.05) is 0 Å². The Hall–Kier alpha value is -3.42. The number of aromatic nitrogens is 2. The van der Waals surface area contributed by atoms with Crippen LogP contribution in [0.2, 0.25) is 0 Å². The number of halogens is 2. The first-order valence-electron chi connectivity index (χ1n) is 12.3. The summed E-state index contributed by atoms with van der Waals surface area (Å²) in [5, 5.41) is 0.294. The van der Waals surface area contributed by atoms with E-state index in [0.29, 0.717) is 35.1 Å². The van der Waals surface area contributed by atoms with Gasteiger partial charge in [-0.3, -0.25) is 14.2 Å². The molecule has 1 amide bonds. The molecule has 0 radical (unpaired) electrons. The molecule has 0 aliphatic carbocycles. The van der Waals surface area contributed by atoms with Crippen LogP contribution in [-0.2, 0) is 30.8 Å². The van der Waals surface area contributed by atoms with Gasteiger partial charge in [-0.25, -0.2) is 23.7 Å². The fraction of sp³-hybridized carbons (Fsp3) is 0.423. The summed E-state index contributed by atoms with van der Waals surface area (Å²) >= 11 is 0. The molecule has 1 aromatic heterocycles. The standard InChI is InChI=1S/C26H29F2N3O7S/c1-26(39(2,34)35,24(33)30-38-22-5-3-4-14-36-22)12-13-31-16-29-21-15-18(8-11-20(21)23(31)32)17-6-9-19(10-7-17)37-25(27)28/h6-11,15-16,22,25H,3-5,12-14H2,1-2H3,(H,30,33)/t22?,26-/m1/s1. The third kappa shape index (κ3) is 6.60. The first-order chi connectivity index (χ1) is 18.5. The predicted molar refractivity (Wildman–Crippen MR) is 139 cm³/mol. The number of alkyl halides is 2. The predicted octanol–water partition coefficient (Wildman–Crippen LogP) is 3.43. The Labute approximate surface area is 223 Å². The number of benzene rings is 2. The van der Waals surface area contributed by atoms with Crippen molar-refractivity contribution in [1.29, 1.82) is 0 Å². The van der Waals surface area contributed by atoms with Crippen molar-refractivity contribution in [2.75, 3.05) is 12.9 Å². The second kappa shape index (κ2) is 11.8. The molecule has 2 heterocycles. The van der Waals surface area contributed by atoms with Crippen molar-refractivity contribution < 1.29 is 36.3 Å². The molecule has 1 aliphatic heterocycles. The number of nitrogens with one attached hydrogen (secondary N) is 1. The topological polar surface area (TPSA) is 126 Å². The number of sulfone groups is 1. The van der Waals surface area contributed by atoms with Crippen LogP contribution in [-0.4, -0.2) is 54.4 Å². The SMILES string of the molecule is C[C@@](CCn1cnc2cc(-c3ccc(OC(F)F)cc3)ccc2c1=O)(C(=O)NOC1CCCCO1)S(C)(=O)=O. The summed E-state index contributed by atoms with van der Waals surface area (Å²) in [7, 11) is -3.91. The molecule has 1 unspecified atom stereocenters.